The zero-order valence-electron chi connectivity index (χ0n) is 20.9. The lowest BCUT2D eigenvalue weighted by Crippen LogP contribution is -2.37. The van der Waals surface area contributed by atoms with E-state index in [1.54, 1.807) is 41.5 Å². The first-order valence-electron chi connectivity index (χ1n) is 11.9. The summed E-state index contributed by atoms with van der Waals surface area (Å²) < 4.78 is 2.76. The number of rotatable bonds is 10. The highest BCUT2D eigenvalue weighted by atomic mass is 35.5. The van der Waals surface area contributed by atoms with Gasteiger partial charge in [0.15, 0.2) is 0 Å². The maximum absolute atomic E-state index is 13.3. The first-order valence-corrected chi connectivity index (χ1v) is 12.3. The van der Waals surface area contributed by atoms with Crippen LogP contribution >= 0.6 is 11.6 Å². The summed E-state index contributed by atoms with van der Waals surface area (Å²) in [5.41, 5.74) is 10.00. The third kappa shape index (κ3) is 6.30. The zero-order chi connectivity index (χ0) is 28.6. The number of aromatic hydroxyl groups is 1. The van der Waals surface area contributed by atoms with Gasteiger partial charge in [0.2, 0.25) is 5.91 Å². The molecule has 2 heterocycles. The third-order valence-electron chi connectivity index (χ3n) is 5.93. The maximum atomic E-state index is 13.3. The van der Waals surface area contributed by atoms with Crippen LogP contribution in [0.25, 0.3) is 27.3 Å². The fraction of sp³-hybridized carbons (Fsp3) is 0.154. The van der Waals surface area contributed by atoms with E-state index in [1.165, 1.54) is 30.5 Å². The van der Waals surface area contributed by atoms with E-state index in [9.17, 15) is 19.8 Å². The molecule has 2 aromatic heterocycles. The van der Waals surface area contributed by atoms with Crippen molar-refractivity contribution in [2.24, 2.45) is 5.11 Å². The highest BCUT2D eigenvalue weighted by Crippen LogP contribution is 2.35. The summed E-state index contributed by atoms with van der Waals surface area (Å²) in [6.45, 7) is -0.424. The topological polar surface area (TPSA) is 194 Å². The molecule has 4 rings (SSSR count). The van der Waals surface area contributed by atoms with Crippen molar-refractivity contribution >= 4 is 23.2 Å². The molecule has 0 aliphatic heterocycles. The van der Waals surface area contributed by atoms with Gasteiger partial charge in [-0.15, -0.1) is 0 Å². The molecule has 0 saturated carbocycles. The lowest BCUT2D eigenvalue weighted by molar-refractivity contribution is -0.124. The Balaban J connectivity index is 1.64. The number of pyridine rings is 1. The minimum atomic E-state index is -1.16. The normalized spacial score (nSPS) is 14.4. The molecule has 0 saturated heterocycles. The summed E-state index contributed by atoms with van der Waals surface area (Å²) in [6, 6.07) is 5.06. The fourth-order valence-electron chi connectivity index (χ4n) is 4.08. The molecular formula is C26H24ClN9O4. The van der Waals surface area contributed by atoms with Crippen molar-refractivity contribution in [2.75, 3.05) is 13.3 Å². The lowest BCUT2D eigenvalue weighted by atomic mass is 10.0. The summed E-state index contributed by atoms with van der Waals surface area (Å²) in [4.78, 5) is 33.2. The summed E-state index contributed by atoms with van der Waals surface area (Å²) in [5.74, 6) is -0.892. The molecule has 1 aliphatic rings. The molecule has 13 nitrogen and oxygen atoms in total. The number of amides is 1. The number of hydrogen-bond donors (Lipinski definition) is 5. The van der Waals surface area contributed by atoms with Gasteiger partial charge in [-0.05, 0) is 42.0 Å². The summed E-state index contributed by atoms with van der Waals surface area (Å²) in [7, 11) is 0. The van der Waals surface area contributed by atoms with Gasteiger partial charge in [-0.25, -0.2) is 4.98 Å². The van der Waals surface area contributed by atoms with Gasteiger partial charge in [-0.1, -0.05) is 16.7 Å². The average molecular weight is 562 g/mol. The van der Waals surface area contributed by atoms with Crippen molar-refractivity contribution in [1.29, 1.82) is 5.41 Å². The van der Waals surface area contributed by atoms with Crippen molar-refractivity contribution in [3.8, 4) is 22.6 Å². The molecule has 204 valence electrons. The SMILES string of the molecule is [N-]=[N+]=NCN/C=C1/C=C(NC(=O)C(CCO)n2cc(O)c(-c3cc(Cl)ccc3-n3ccnc3)cc2=O)C=CC1=N. The first-order chi connectivity index (χ1) is 19.3. The number of carbonyl (C=O) groups is 1. The number of aliphatic hydroxyl groups is 1. The fourth-order valence-corrected chi connectivity index (χ4v) is 4.25. The summed E-state index contributed by atoms with van der Waals surface area (Å²) in [5, 5.41) is 37.8. The second-order valence-corrected chi connectivity index (χ2v) is 8.94. The Bertz CT molecular complexity index is 1630. The molecule has 0 fully saturated rings. The van der Waals surface area contributed by atoms with Crippen LogP contribution in [0.4, 0.5) is 0 Å². The molecular weight excluding hydrogens is 538 g/mol. The van der Waals surface area contributed by atoms with Crippen molar-refractivity contribution in [1.82, 2.24) is 24.8 Å². The van der Waals surface area contributed by atoms with Crippen LogP contribution in [-0.2, 0) is 4.79 Å². The summed E-state index contributed by atoms with van der Waals surface area (Å²) >= 11 is 6.22. The van der Waals surface area contributed by atoms with Gasteiger partial charge in [-0.2, -0.15) is 0 Å². The molecule has 1 atom stereocenters. The van der Waals surface area contributed by atoms with Crippen molar-refractivity contribution < 1.29 is 15.0 Å². The van der Waals surface area contributed by atoms with Crippen LogP contribution in [0.15, 0.2) is 94.8 Å². The zero-order valence-corrected chi connectivity index (χ0v) is 21.7. The van der Waals surface area contributed by atoms with E-state index in [2.05, 4.69) is 25.6 Å². The minimum absolute atomic E-state index is 0.0213. The van der Waals surface area contributed by atoms with Crippen LogP contribution in [0, 0.1) is 5.41 Å². The average Bonchev–Trinajstić information content (AvgIpc) is 3.47. The number of hydrogen-bond acceptors (Lipinski definition) is 8. The molecule has 0 radical (unpaired) electrons. The number of nitrogens with one attached hydrogen (secondary N) is 3. The van der Waals surface area contributed by atoms with Gasteiger partial charge in [0.05, 0.1) is 30.6 Å². The molecule has 1 aliphatic carbocycles. The number of imidazole rings is 1. The number of aromatic nitrogens is 3. The number of allylic oxidation sites excluding steroid dienone is 4. The van der Waals surface area contributed by atoms with Gasteiger partial charge < -0.3 is 30.8 Å². The number of aliphatic hydroxyl groups excluding tert-OH is 1. The standard InChI is InChI=1S/C26H24ClN9O4/c27-17-1-4-22(35-7-6-30-15-35)19(10-17)20-11-25(39)36(13-24(20)38)23(5-8-37)26(40)33-18-2-3-21(28)16(9-18)12-31-14-32-34-29/h1-4,6-7,9-13,15,23,28,31,37-38H,5,8,14H2,(H,33,40)/b16-12-,28-21?. The predicted octanol–water partition coefficient (Wildman–Crippen LogP) is 3.31. The van der Waals surface area contributed by atoms with Crippen LogP contribution in [0.3, 0.4) is 0 Å². The van der Waals surface area contributed by atoms with E-state index < -0.39 is 24.1 Å². The predicted molar refractivity (Wildman–Crippen MR) is 149 cm³/mol. The van der Waals surface area contributed by atoms with E-state index in [-0.39, 0.29) is 30.1 Å². The quantitative estimate of drug-likeness (QED) is 0.109. The second kappa shape index (κ2) is 12.6. The van der Waals surface area contributed by atoms with E-state index in [1.807, 2.05) is 0 Å². The van der Waals surface area contributed by atoms with Gasteiger partial charge >= 0.3 is 0 Å². The number of halogens is 1. The third-order valence-corrected chi connectivity index (χ3v) is 6.17. The van der Waals surface area contributed by atoms with E-state index in [0.717, 1.165) is 10.8 Å². The Morgan fingerprint density at radius 3 is 2.85 bits per heavy atom. The number of benzene rings is 1. The van der Waals surface area contributed by atoms with Crippen LogP contribution in [0.1, 0.15) is 12.5 Å². The van der Waals surface area contributed by atoms with Crippen molar-refractivity contribution in [2.45, 2.75) is 12.5 Å². The van der Waals surface area contributed by atoms with Crippen LogP contribution in [-0.4, -0.2) is 49.2 Å². The highest BCUT2D eigenvalue weighted by Gasteiger charge is 2.24. The van der Waals surface area contributed by atoms with E-state index >= 15 is 0 Å². The molecule has 5 N–H and O–H groups in total. The summed E-state index contributed by atoms with van der Waals surface area (Å²) in [6.07, 6.45) is 11.9. The van der Waals surface area contributed by atoms with Crippen LogP contribution in [0.5, 0.6) is 5.75 Å². The smallest absolute Gasteiger partial charge is 0.252 e. The molecule has 1 unspecified atom stereocenters. The molecule has 14 heteroatoms. The first kappa shape index (κ1) is 27.9. The molecule has 0 spiro atoms. The molecule has 3 aromatic rings. The lowest BCUT2D eigenvalue weighted by Gasteiger charge is -2.21. The van der Waals surface area contributed by atoms with Gasteiger partial charge in [-0.3, -0.25) is 14.2 Å². The largest absolute Gasteiger partial charge is 0.506 e. The Morgan fingerprint density at radius 1 is 1.30 bits per heavy atom. The van der Waals surface area contributed by atoms with E-state index in [4.69, 9.17) is 22.5 Å². The Hall–Kier alpha value is -5.10. The molecule has 1 amide bonds. The number of azide groups is 1. The highest BCUT2D eigenvalue weighted by molar-refractivity contribution is 6.31. The van der Waals surface area contributed by atoms with Crippen molar-refractivity contribution in [3.05, 3.63) is 111 Å². The van der Waals surface area contributed by atoms with Crippen molar-refractivity contribution in [3.63, 3.8) is 0 Å². The Morgan fingerprint density at radius 2 is 2.12 bits per heavy atom. The molecule has 1 aromatic carbocycles. The van der Waals surface area contributed by atoms with Gasteiger partial charge in [0, 0.05) is 70.0 Å². The number of carbonyl (C=O) groups excluding carboxylic acids is 1. The monoisotopic (exact) mass is 561 g/mol. The number of nitrogens with zero attached hydrogens (tertiary/aromatic N) is 6. The molecule has 0 bridgehead atoms. The van der Waals surface area contributed by atoms with Gasteiger partial charge in [0.25, 0.3) is 5.56 Å². The molecule has 40 heavy (non-hydrogen) atoms. The maximum Gasteiger partial charge on any atom is 0.252 e. The minimum Gasteiger partial charge on any atom is -0.506 e. The van der Waals surface area contributed by atoms with E-state index in [0.29, 0.717) is 27.5 Å². The van der Waals surface area contributed by atoms with Gasteiger partial charge in [0.1, 0.15) is 11.8 Å². The Labute approximate surface area is 232 Å². The Kier molecular flexibility index (Phi) is 8.82. The van der Waals surface area contributed by atoms with Crippen LogP contribution < -0.4 is 16.2 Å². The second-order valence-electron chi connectivity index (χ2n) is 8.51. The van der Waals surface area contributed by atoms with Crippen LogP contribution in [0.2, 0.25) is 5.02 Å².